The van der Waals surface area contributed by atoms with E-state index < -0.39 is 21.9 Å². The van der Waals surface area contributed by atoms with Gasteiger partial charge in [-0.3, -0.25) is 14.4 Å². The van der Waals surface area contributed by atoms with Gasteiger partial charge in [0.25, 0.3) is 5.12 Å². The van der Waals surface area contributed by atoms with Gasteiger partial charge in [0.1, 0.15) is 0 Å². The average molecular weight is 254 g/mol. The third kappa shape index (κ3) is 3.50. The summed E-state index contributed by atoms with van der Waals surface area (Å²) in [4.78, 5) is 33.4. The molecule has 0 saturated heterocycles. The zero-order valence-electron chi connectivity index (χ0n) is 8.29. The van der Waals surface area contributed by atoms with Crippen LogP contribution in [-0.4, -0.2) is 16.0 Å². The van der Waals surface area contributed by atoms with Crippen LogP contribution < -0.4 is 0 Å². The van der Waals surface area contributed by atoms with Gasteiger partial charge >= 0.3 is 0 Å². The van der Waals surface area contributed by atoms with Crippen LogP contribution in [0.5, 0.6) is 0 Å². The van der Waals surface area contributed by atoms with Gasteiger partial charge in [-0.2, -0.15) is 0 Å². The highest BCUT2D eigenvalue weighted by molar-refractivity contribution is 7.98. The summed E-state index contributed by atoms with van der Waals surface area (Å²) in [6.45, 7) is 0. The molecule has 0 aliphatic heterocycles. The summed E-state index contributed by atoms with van der Waals surface area (Å²) in [5, 5.41) is -1.28. The Hall–Kier alpha value is -1.07. The predicted octanol–water partition coefficient (Wildman–Crippen LogP) is 1.64. The number of Topliss-reactive ketones (excluding diaryl/α,β-unsaturated/α-hetero) is 1. The molecule has 0 aromatic heterocycles. The molecule has 0 radical (unpaired) electrons. The summed E-state index contributed by atoms with van der Waals surface area (Å²) in [5.74, 6) is -1.46. The van der Waals surface area contributed by atoms with Crippen LogP contribution in [-0.2, 0) is 14.4 Å². The summed E-state index contributed by atoms with van der Waals surface area (Å²) in [5.41, 5.74) is 0.623. The van der Waals surface area contributed by atoms with Crippen LogP contribution in [0, 0.1) is 0 Å². The molecule has 1 aromatic carbocycles. The number of ketones is 1. The molecule has 0 bridgehead atoms. The largest absolute Gasteiger partial charge is 0.289 e. The summed E-state index contributed by atoms with van der Waals surface area (Å²) in [6, 6.07) is 8.64. The van der Waals surface area contributed by atoms with Crippen LogP contribution >= 0.6 is 25.3 Å². The van der Waals surface area contributed by atoms with E-state index in [4.69, 9.17) is 0 Å². The van der Waals surface area contributed by atoms with E-state index in [0.717, 1.165) is 0 Å². The van der Waals surface area contributed by atoms with Gasteiger partial charge < -0.3 is 0 Å². The van der Waals surface area contributed by atoms with Crippen LogP contribution in [0.1, 0.15) is 17.9 Å². The van der Waals surface area contributed by atoms with Gasteiger partial charge in [0.05, 0.1) is 5.92 Å². The lowest BCUT2D eigenvalue weighted by molar-refractivity contribution is -0.133. The van der Waals surface area contributed by atoms with E-state index in [1.165, 1.54) is 0 Å². The van der Waals surface area contributed by atoms with Crippen molar-refractivity contribution < 1.29 is 14.4 Å². The molecular weight excluding hydrogens is 244 g/mol. The monoisotopic (exact) mass is 254 g/mol. The normalized spacial score (nSPS) is 11.9. The van der Waals surface area contributed by atoms with E-state index in [1.807, 2.05) is 0 Å². The quantitative estimate of drug-likeness (QED) is 0.620. The van der Waals surface area contributed by atoms with Crippen molar-refractivity contribution >= 4 is 41.3 Å². The van der Waals surface area contributed by atoms with E-state index in [1.54, 1.807) is 30.3 Å². The smallest absolute Gasteiger partial charge is 0.252 e. The summed E-state index contributed by atoms with van der Waals surface area (Å²) >= 11 is 7.10. The lowest BCUT2D eigenvalue weighted by Gasteiger charge is -2.11. The topological polar surface area (TPSA) is 51.2 Å². The summed E-state index contributed by atoms with van der Waals surface area (Å²) in [7, 11) is 0. The molecule has 0 N–H and O–H groups in total. The van der Waals surface area contributed by atoms with Crippen molar-refractivity contribution in [1.82, 2.24) is 0 Å². The standard InChI is InChI=1S/C11H10O3S2/c12-9(15)6-8(10(13)11(14)16)7-4-2-1-3-5-7/h1-5,8H,6H2,(H,12,15)(H,14,16). The number of hydrogen-bond acceptors (Lipinski definition) is 3. The first-order valence-electron chi connectivity index (χ1n) is 4.56. The highest BCUT2D eigenvalue weighted by Gasteiger charge is 2.26. The highest BCUT2D eigenvalue weighted by Crippen LogP contribution is 2.22. The molecule has 1 unspecified atom stereocenters. The molecule has 1 aromatic rings. The second-order valence-electron chi connectivity index (χ2n) is 3.23. The van der Waals surface area contributed by atoms with Crippen molar-refractivity contribution in [2.75, 3.05) is 0 Å². The Morgan fingerprint density at radius 2 is 1.62 bits per heavy atom. The number of carbonyl (C=O) groups is 3. The fourth-order valence-electron chi connectivity index (χ4n) is 1.37. The van der Waals surface area contributed by atoms with Gasteiger partial charge in [-0.1, -0.05) is 43.0 Å². The number of benzene rings is 1. The molecule has 5 heteroatoms. The van der Waals surface area contributed by atoms with Crippen molar-refractivity contribution in [3.05, 3.63) is 35.9 Å². The summed E-state index contributed by atoms with van der Waals surface area (Å²) in [6.07, 6.45) is -0.0990. The van der Waals surface area contributed by atoms with E-state index in [0.29, 0.717) is 5.56 Å². The van der Waals surface area contributed by atoms with E-state index >= 15 is 0 Å². The number of thiol groups is 2. The predicted molar refractivity (Wildman–Crippen MR) is 66.8 cm³/mol. The Balaban J connectivity index is 3.01. The molecule has 0 fully saturated rings. The molecule has 0 spiro atoms. The molecule has 0 aliphatic carbocycles. The first-order chi connectivity index (χ1) is 7.52. The molecule has 3 nitrogen and oxygen atoms in total. The lowest BCUT2D eigenvalue weighted by atomic mass is 9.92. The maximum Gasteiger partial charge on any atom is 0.252 e. The van der Waals surface area contributed by atoms with Gasteiger partial charge in [0, 0.05) is 6.42 Å². The van der Waals surface area contributed by atoms with Crippen LogP contribution in [0.15, 0.2) is 30.3 Å². The number of rotatable bonds is 5. The molecule has 0 aliphatic rings. The van der Waals surface area contributed by atoms with E-state index in [9.17, 15) is 14.4 Å². The number of hydrogen-bond donors (Lipinski definition) is 2. The van der Waals surface area contributed by atoms with Crippen LogP contribution in [0.4, 0.5) is 0 Å². The highest BCUT2D eigenvalue weighted by atomic mass is 32.1. The minimum absolute atomic E-state index is 0.0990. The minimum Gasteiger partial charge on any atom is -0.289 e. The van der Waals surface area contributed by atoms with Gasteiger partial charge in [0.15, 0.2) is 5.12 Å². The van der Waals surface area contributed by atoms with Crippen LogP contribution in [0.3, 0.4) is 0 Å². The molecule has 16 heavy (non-hydrogen) atoms. The third-order valence-corrected chi connectivity index (χ3v) is 2.51. The zero-order valence-corrected chi connectivity index (χ0v) is 10.1. The van der Waals surface area contributed by atoms with Gasteiger partial charge in [-0.05, 0) is 5.56 Å². The maximum atomic E-state index is 11.6. The molecular formula is C11H10O3S2. The minimum atomic E-state index is -0.844. The second kappa shape index (κ2) is 5.86. The average Bonchev–Trinajstić information content (AvgIpc) is 2.26. The second-order valence-corrected chi connectivity index (χ2v) is 4.14. The fourth-order valence-corrected chi connectivity index (χ4v) is 1.71. The van der Waals surface area contributed by atoms with E-state index in [2.05, 4.69) is 25.3 Å². The Bertz CT molecular complexity index is 414. The van der Waals surface area contributed by atoms with Gasteiger partial charge in [-0.15, -0.1) is 12.6 Å². The molecule has 1 atom stereocenters. The molecule has 0 amide bonds. The van der Waals surface area contributed by atoms with Crippen molar-refractivity contribution in [2.24, 2.45) is 0 Å². The molecule has 84 valence electrons. The first-order valence-corrected chi connectivity index (χ1v) is 5.45. The fraction of sp³-hybridized carbons (Fsp3) is 0.182. The van der Waals surface area contributed by atoms with Crippen molar-refractivity contribution in [2.45, 2.75) is 12.3 Å². The van der Waals surface area contributed by atoms with Gasteiger partial charge in [0.2, 0.25) is 5.78 Å². The Kier molecular flexibility index (Phi) is 4.76. The Morgan fingerprint density at radius 3 is 2.06 bits per heavy atom. The third-order valence-electron chi connectivity index (χ3n) is 2.11. The Labute approximate surface area is 104 Å². The molecule has 1 rings (SSSR count). The zero-order chi connectivity index (χ0) is 12.1. The SMILES string of the molecule is O=C(S)CC(C(=O)C(=O)S)c1ccccc1. The van der Waals surface area contributed by atoms with E-state index in [-0.39, 0.29) is 6.42 Å². The van der Waals surface area contributed by atoms with Crippen molar-refractivity contribution in [3.63, 3.8) is 0 Å². The summed E-state index contributed by atoms with van der Waals surface area (Å²) < 4.78 is 0. The van der Waals surface area contributed by atoms with Crippen molar-refractivity contribution in [1.29, 1.82) is 0 Å². The molecule has 0 saturated carbocycles. The lowest BCUT2D eigenvalue weighted by Crippen LogP contribution is -2.20. The first kappa shape index (κ1) is 13.0. The van der Waals surface area contributed by atoms with Crippen LogP contribution in [0.2, 0.25) is 0 Å². The molecule has 0 heterocycles. The van der Waals surface area contributed by atoms with Crippen LogP contribution in [0.25, 0.3) is 0 Å². The number of carbonyl (C=O) groups excluding carboxylic acids is 3. The maximum absolute atomic E-state index is 11.6. The van der Waals surface area contributed by atoms with Crippen molar-refractivity contribution in [3.8, 4) is 0 Å². The van der Waals surface area contributed by atoms with Gasteiger partial charge in [-0.25, -0.2) is 0 Å². The Morgan fingerprint density at radius 1 is 1.06 bits per heavy atom.